The molecule has 0 unspecified atom stereocenters. The first-order valence-electron chi connectivity index (χ1n) is 25.0. The van der Waals surface area contributed by atoms with Gasteiger partial charge in [0.25, 0.3) is 0 Å². The number of unbranched alkanes of at least 4 members (excludes halogenated alkanes) is 35. The fraction of sp³-hybridized carbons (Fsp3) is 0.940. The van der Waals surface area contributed by atoms with E-state index < -0.39 is 6.10 Å². The Morgan fingerprint density at radius 3 is 0.714 bits per heavy atom. The maximum atomic E-state index is 12.7. The van der Waals surface area contributed by atoms with E-state index in [0.29, 0.717) is 19.3 Å². The van der Waals surface area contributed by atoms with E-state index in [-0.39, 0.29) is 31.1 Å². The van der Waals surface area contributed by atoms with Gasteiger partial charge in [0.05, 0.1) is 0 Å². The first kappa shape index (κ1) is 54.4. The summed E-state index contributed by atoms with van der Waals surface area (Å²) in [6.07, 6.45) is 48.1. The van der Waals surface area contributed by atoms with Gasteiger partial charge in [-0.1, -0.05) is 245 Å². The zero-order valence-corrected chi connectivity index (χ0v) is 37.9. The van der Waals surface area contributed by atoms with Crippen LogP contribution in [0.1, 0.15) is 284 Å². The van der Waals surface area contributed by atoms with Crippen molar-refractivity contribution in [1.29, 1.82) is 0 Å². The fourth-order valence-corrected chi connectivity index (χ4v) is 7.56. The van der Waals surface area contributed by atoms with Gasteiger partial charge in [0.2, 0.25) is 0 Å². The zero-order valence-electron chi connectivity index (χ0n) is 37.9. The molecule has 332 valence electrons. The summed E-state index contributed by atoms with van der Waals surface area (Å²) in [6, 6.07) is 0. The summed E-state index contributed by atoms with van der Waals surface area (Å²) in [5.41, 5.74) is 0. The molecule has 0 bridgehead atoms. The number of hydrogen-bond acceptors (Lipinski definition) is 6. The molecular formula is C50H96O6. The molecule has 1 atom stereocenters. The molecule has 0 aliphatic rings. The van der Waals surface area contributed by atoms with Crippen LogP contribution >= 0.6 is 0 Å². The summed E-state index contributed by atoms with van der Waals surface area (Å²) < 4.78 is 16.7. The van der Waals surface area contributed by atoms with Crippen LogP contribution < -0.4 is 0 Å². The van der Waals surface area contributed by atoms with E-state index in [0.717, 1.165) is 57.8 Å². The van der Waals surface area contributed by atoms with Crippen molar-refractivity contribution < 1.29 is 28.6 Å². The molecule has 0 heterocycles. The highest BCUT2D eigenvalue weighted by atomic mass is 16.6. The van der Waals surface area contributed by atoms with Gasteiger partial charge in [0, 0.05) is 19.3 Å². The predicted octanol–water partition coefficient (Wildman–Crippen LogP) is 16.0. The Labute approximate surface area is 348 Å². The van der Waals surface area contributed by atoms with Gasteiger partial charge in [-0.25, -0.2) is 0 Å². The van der Waals surface area contributed by atoms with E-state index in [4.69, 9.17) is 14.2 Å². The zero-order chi connectivity index (χ0) is 40.8. The highest BCUT2D eigenvalue weighted by molar-refractivity contribution is 5.71. The Balaban J connectivity index is 4.20. The van der Waals surface area contributed by atoms with Crippen LogP contribution in [0.2, 0.25) is 0 Å². The van der Waals surface area contributed by atoms with Crippen molar-refractivity contribution in [2.24, 2.45) is 0 Å². The molecule has 0 spiro atoms. The summed E-state index contributed by atoms with van der Waals surface area (Å²) in [6.45, 7) is 6.64. The van der Waals surface area contributed by atoms with Crippen LogP contribution in [0.4, 0.5) is 0 Å². The van der Waals surface area contributed by atoms with E-state index in [1.165, 1.54) is 186 Å². The topological polar surface area (TPSA) is 78.9 Å². The number of hydrogen-bond donors (Lipinski definition) is 0. The molecule has 0 amide bonds. The fourth-order valence-electron chi connectivity index (χ4n) is 7.56. The third-order valence-corrected chi connectivity index (χ3v) is 11.4. The molecule has 0 aromatic carbocycles. The molecule has 0 saturated heterocycles. The lowest BCUT2D eigenvalue weighted by Crippen LogP contribution is -2.30. The van der Waals surface area contributed by atoms with Crippen LogP contribution in [-0.4, -0.2) is 37.2 Å². The normalized spacial score (nSPS) is 11.8. The lowest BCUT2D eigenvalue weighted by molar-refractivity contribution is -0.167. The van der Waals surface area contributed by atoms with Crippen LogP contribution in [-0.2, 0) is 28.6 Å². The second-order valence-electron chi connectivity index (χ2n) is 17.1. The second-order valence-corrected chi connectivity index (χ2v) is 17.1. The highest BCUT2D eigenvalue weighted by Crippen LogP contribution is 2.16. The first-order chi connectivity index (χ1) is 27.5. The average Bonchev–Trinajstić information content (AvgIpc) is 3.19. The summed E-state index contributed by atoms with van der Waals surface area (Å²) in [7, 11) is 0. The van der Waals surface area contributed by atoms with Crippen molar-refractivity contribution in [2.45, 2.75) is 290 Å². The smallest absolute Gasteiger partial charge is 0.306 e. The molecule has 0 N–H and O–H groups in total. The standard InChI is InChI=1S/C50H96O6/c1-4-7-10-13-16-18-20-22-24-25-26-28-30-32-35-38-41-44-50(53)56-47(45-54-48(51)42-39-36-33-15-12-9-6-3)46-55-49(52)43-40-37-34-31-29-27-23-21-19-17-14-11-8-5-2/h47H,4-46H2,1-3H3/t47-/m0/s1. The molecule has 6 heteroatoms. The third kappa shape index (κ3) is 43.5. The molecule has 0 aromatic rings. The van der Waals surface area contributed by atoms with Gasteiger partial charge in [0.1, 0.15) is 13.2 Å². The van der Waals surface area contributed by atoms with Gasteiger partial charge in [-0.05, 0) is 19.3 Å². The molecule has 0 rings (SSSR count). The lowest BCUT2D eigenvalue weighted by atomic mass is 10.0. The summed E-state index contributed by atoms with van der Waals surface area (Å²) in [4.78, 5) is 37.7. The van der Waals surface area contributed by atoms with Crippen LogP contribution in [0, 0.1) is 0 Å². The van der Waals surface area contributed by atoms with Gasteiger partial charge in [0.15, 0.2) is 6.10 Å². The minimum Gasteiger partial charge on any atom is -0.462 e. The minimum absolute atomic E-state index is 0.0626. The van der Waals surface area contributed by atoms with E-state index in [1.807, 2.05) is 0 Å². The first-order valence-corrected chi connectivity index (χ1v) is 25.0. The van der Waals surface area contributed by atoms with Crippen LogP contribution in [0.5, 0.6) is 0 Å². The number of carbonyl (C=O) groups excluding carboxylic acids is 3. The van der Waals surface area contributed by atoms with Gasteiger partial charge >= 0.3 is 17.9 Å². The molecule has 56 heavy (non-hydrogen) atoms. The largest absolute Gasteiger partial charge is 0.462 e. The quantitative estimate of drug-likeness (QED) is 0.0347. The van der Waals surface area contributed by atoms with Gasteiger partial charge in [-0.3, -0.25) is 14.4 Å². The predicted molar refractivity (Wildman–Crippen MR) is 238 cm³/mol. The SMILES string of the molecule is CCCCCCCCCCCCCCCCCCCC(=O)O[C@@H](COC(=O)CCCCCCCCC)COC(=O)CCCCCCCCCCCCCCCC. The Kier molecular flexibility index (Phi) is 44.8. The van der Waals surface area contributed by atoms with Crippen LogP contribution in [0.3, 0.4) is 0 Å². The molecule has 6 nitrogen and oxygen atoms in total. The van der Waals surface area contributed by atoms with Gasteiger partial charge < -0.3 is 14.2 Å². The van der Waals surface area contributed by atoms with Crippen LogP contribution in [0.25, 0.3) is 0 Å². The van der Waals surface area contributed by atoms with E-state index in [1.54, 1.807) is 0 Å². The number of rotatable bonds is 46. The Bertz CT molecular complexity index is 828. The molecule has 0 aliphatic heterocycles. The summed E-state index contributed by atoms with van der Waals surface area (Å²) in [5.74, 6) is -0.851. The van der Waals surface area contributed by atoms with Gasteiger partial charge in [-0.2, -0.15) is 0 Å². The van der Waals surface area contributed by atoms with Crippen molar-refractivity contribution in [3.63, 3.8) is 0 Å². The van der Waals surface area contributed by atoms with E-state index in [2.05, 4.69) is 20.8 Å². The van der Waals surface area contributed by atoms with Gasteiger partial charge in [-0.15, -0.1) is 0 Å². The molecule has 0 fully saturated rings. The summed E-state index contributed by atoms with van der Waals surface area (Å²) >= 11 is 0. The van der Waals surface area contributed by atoms with Crippen molar-refractivity contribution >= 4 is 17.9 Å². The van der Waals surface area contributed by atoms with Crippen molar-refractivity contribution in [3.8, 4) is 0 Å². The molecule has 0 radical (unpaired) electrons. The Morgan fingerprint density at radius 1 is 0.286 bits per heavy atom. The maximum absolute atomic E-state index is 12.7. The van der Waals surface area contributed by atoms with E-state index in [9.17, 15) is 14.4 Å². The molecule has 0 aliphatic carbocycles. The van der Waals surface area contributed by atoms with Crippen molar-refractivity contribution in [2.75, 3.05) is 13.2 Å². The maximum Gasteiger partial charge on any atom is 0.306 e. The minimum atomic E-state index is -0.758. The molecular weight excluding hydrogens is 697 g/mol. The third-order valence-electron chi connectivity index (χ3n) is 11.4. The highest BCUT2D eigenvalue weighted by Gasteiger charge is 2.19. The average molecular weight is 793 g/mol. The number of ether oxygens (including phenoxy) is 3. The van der Waals surface area contributed by atoms with Crippen molar-refractivity contribution in [1.82, 2.24) is 0 Å². The van der Waals surface area contributed by atoms with Crippen LogP contribution in [0.15, 0.2) is 0 Å². The van der Waals surface area contributed by atoms with E-state index >= 15 is 0 Å². The summed E-state index contributed by atoms with van der Waals surface area (Å²) in [5, 5.41) is 0. The molecule has 0 aromatic heterocycles. The monoisotopic (exact) mass is 793 g/mol. The lowest BCUT2D eigenvalue weighted by Gasteiger charge is -2.18. The Hall–Kier alpha value is -1.59. The number of carbonyl (C=O) groups is 3. The number of esters is 3. The van der Waals surface area contributed by atoms with Crippen molar-refractivity contribution in [3.05, 3.63) is 0 Å². The molecule has 0 saturated carbocycles. The Morgan fingerprint density at radius 2 is 0.482 bits per heavy atom. The second kappa shape index (κ2) is 46.1.